The highest BCUT2D eigenvalue weighted by atomic mass is 16.1. The van der Waals surface area contributed by atoms with Gasteiger partial charge in [-0.15, -0.1) is 0 Å². The summed E-state index contributed by atoms with van der Waals surface area (Å²) in [5.74, 6) is 0.242. The summed E-state index contributed by atoms with van der Waals surface area (Å²) in [6.07, 6.45) is 7.13. The first kappa shape index (κ1) is 20.4. The average Bonchev–Trinajstić information content (AvgIpc) is 3.48. The van der Waals surface area contributed by atoms with Gasteiger partial charge < -0.3 is 5.32 Å². The Hall–Kier alpha value is -4.52. The fraction of sp³-hybridized carbons (Fsp3) is 0.0769. The maximum atomic E-state index is 13.2. The first-order valence-electron chi connectivity index (χ1n) is 10.6. The maximum Gasteiger partial charge on any atom is 0.260 e. The van der Waals surface area contributed by atoms with Crippen molar-refractivity contribution in [2.45, 2.75) is 13.1 Å². The molecular formula is C26H22N6O. The topological polar surface area (TPSA) is 77.6 Å². The molecule has 0 bridgehead atoms. The minimum Gasteiger partial charge on any atom is -0.305 e. The van der Waals surface area contributed by atoms with Crippen LogP contribution in [-0.2, 0) is 13.1 Å². The molecule has 5 aromatic rings. The Morgan fingerprint density at radius 3 is 2.18 bits per heavy atom. The first-order valence-corrected chi connectivity index (χ1v) is 10.6. The molecule has 7 nitrogen and oxygen atoms in total. The van der Waals surface area contributed by atoms with Crippen molar-refractivity contribution >= 4 is 11.7 Å². The van der Waals surface area contributed by atoms with E-state index in [4.69, 9.17) is 5.10 Å². The van der Waals surface area contributed by atoms with Gasteiger partial charge in [-0.05, 0) is 23.3 Å². The number of carbonyl (C=O) groups excluding carboxylic acids is 1. The second kappa shape index (κ2) is 9.32. The summed E-state index contributed by atoms with van der Waals surface area (Å²) in [6, 6.07) is 25.4. The Morgan fingerprint density at radius 1 is 0.758 bits per heavy atom. The van der Waals surface area contributed by atoms with Gasteiger partial charge in [0.2, 0.25) is 0 Å². The van der Waals surface area contributed by atoms with Crippen LogP contribution in [0.15, 0.2) is 104 Å². The molecule has 5 rings (SSSR count). The molecule has 0 atom stereocenters. The highest BCUT2D eigenvalue weighted by Crippen LogP contribution is 2.23. The van der Waals surface area contributed by atoms with E-state index in [1.54, 1.807) is 34.0 Å². The van der Waals surface area contributed by atoms with Crippen molar-refractivity contribution in [3.8, 4) is 11.3 Å². The minimum atomic E-state index is -0.248. The van der Waals surface area contributed by atoms with Crippen LogP contribution in [0.2, 0.25) is 0 Å². The summed E-state index contributed by atoms with van der Waals surface area (Å²) in [4.78, 5) is 17.3. The lowest BCUT2D eigenvalue weighted by atomic mass is 10.1. The number of carbonyl (C=O) groups is 1. The van der Waals surface area contributed by atoms with Gasteiger partial charge in [0.05, 0.1) is 18.7 Å². The van der Waals surface area contributed by atoms with Gasteiger partial charge in [-0.3, -0.25) is 19.1 Å². The highest BCUT2D eigenvalue weighted by molar-refractivity contribution is 6.07. The molecule has 0 unspecified atom stereocenters. The molecule has 7 heteroatoms. The average molecular weight is 435 g/mol. The van der Waals surface area contributed by atoms with Crippen LogP contribution in [0.25, 0.3) is 11.3 Å². The van der Waals surface area contributed by atoms with Crippen LogP contribution >= 0.6 is 0 Å². The molecule has 1 amide bonds. The number of hydrogen-bond donors (Lipinski definition) is 1. The molecule has 0 fully saturated rings. The van der Waals surface area contributed by atoms with Crippen LogP contribution in [0.3, 0.4) is 0 Å². The number of nitrogens with one attached hydrogen (secondary N) is 1. The van der Waals surface area contributed by atoms with Gasteiger partial charge in [-0.25, -0.2) is 0 Å². The van der Waals surface area contributed by atoms with Crippen LogP contribution in [0.1, 0.15) is 21.5 Å². The standard InChI is InChI=1S/C26H22N6O/c33-26(28-24-13-16-31(29-24)17-21-11-14-27-15-12-21)23-19-32(18-20-7-3-1-4-8-20)30-25(23)22-9-5-2-6-10-22/h1-16,19H,17-18H2,(H,28,29,33). The smallest absolute Gasteiger partial charge is 0.260 e. The molecule has 3 heterocycles. The van der Waals surface area contributed by atoms with Gasteiger partial charge in [0.25, 0.3) is 5.91 Å². The van der Waals surface area contributed by atoms with E-state index in [1.807, 2.05) is 79.0 Å². The van der Waals surface area contributed by atoms with E-state index >= 15 is 0 Å². The lowest BCUT2D eigenvalue weighted by Crippen LogP contribution is -2.13. The molecule has 2 aromatic carbocycles. The predicted octanol–water partition coefficient (Wildman–Crippen LogP) is 4.49. The second-order valence-electron chi connectivity index (χ2n) is 7.65. The number of benzene rings is 2. The van der Waals surface area contributed by atoms with Gasteiger partial charge >= 0.3 is 0 Å². The summed E-state index contributed by atoms with van der Waals surface area (Å²) in [5, 5.41) is 12.1. The number of rotatable bonds is 7. The molecule has 0 aliphatic rings. The molecule has 3 aromatic heterocycles. The fourth-order valence-corrected chi connectivity index (χ4v) is 3.62. The summed E-state index contributed by atoms with van der Waals surface area (Å²) in [5.41, 5.74) is 4.22. The Kier molecular flexibility index (Phi) is 5.75. The largest absolute Gasteiger partial charge is 0.305 e. The van der Waals surface area contributed by atoms with Crippen molar-refractivity contribution in [1.82, 2.24) is 24.5 Å². The molecular weight excluding hydrogens is 412 g/mol. The van der Waals surface area contributed by atoms with Gasteiger partial charge in [-0.2, -0.15) is 10.2 Å². The molecule has 0 saturated carbocycles. The van der Waals surface area contributed by atoms with Crippen molar-refractivity contribution < 1.29 is 4.79 Å². The SMILES string of the molecule is O=C(Nc1ccn(Cc2ccncc2)n1)c1cn(Cc2ccccc2)nc1-c1ccccc1. The molecule has 0 radical (unpaired) electrons. The number of pyridine rings is 1. The minimum absolute atomic E-state index is 0.248. The van der Waals surface area contributed by atoms with Crippen LogP contribution in [-0.4, -0.2) is 30.5 Å². The summed E-state index contributed by atoms with van der Waals surface area (Å²) < 4.78 is 3.58. The molecule has 0 saturated heterocycles. The van der Waals surface area contributed by atoms with E-state index in [-0.39, 0.29) is 5.91 Å². The van der Waals surface area contributed by atoms with Crippen LogP contribution in [0.5, 0.6) is 0 Å². The van der Waals surface area contributed by atoms with Gasteiger partial charge in [0.15, 0.2) is 5.82 Å². The molecule has 1 N–H and O–H groups in total. The monoisotopic (exact) mass is 434 g/mol. The van der Waals surface area contributed by atoms with E-state index in [1.165, 1.54) is 0 Å². The number of aromatic nitrogens is 5. The van der Waals surface area contributed by atoms with E-state index < -0.39 is 0 Å². The van der Waals surface area contributed by atoms with E-state index in [0.29, 0.717) is 30.2 Å². The zero-order valence-electron chi connectivity index (χ0n) is 17.9. The molecule has 162 valence electrons. The first-order chi connectivity index (χ1) is 16.2. The number of anilines is 1. The molecule has 33 heavy (non-hydrogen) atoms. The Labute approximate surface area is 191 Å². The number of amides is 1. The quantitative estimate of drug-likeness (QED) is 0.409. The third kappa shape index (κ3) is 4.88. The van der Waals surface area contributed by atoms with E-state index in [9.17, 15) is 4.79 Å². The van der Waals surface area contributed by atoms with Gasteiger partial charge in [0, 0.05) is 36.4 Å². The third-order valence-corrected chi connectivity index (χ3v) is 5.22. The Balaban J connectivity index is 1.39. The fourth-order valence-electron chi connectivity index (χ4n) is 3.62. The maximum absolute atomic E-state index is 13.2. The van der Waals surface area contributed by atoms with Gasteiger partial charge in [-0.1, -0.05) is 60.7 Å². The summed E-state index contributed by atoms with van der Waals surface area (Å²) >= 11 is 0. The van der Waals surface area contributed by atoms with Crippen molar-refractivity contribution in [3.05, 3.63) is 120 Å². The zero-order valence-corrected chi connectivity index (χ0v) is 17.9. The third-order valence-electron chi connectivity index (χ3n) is 5.22. The summed E-state index contributed by atoms with van der Waals surface area (Å²) in [7, 11) is 0. The molecule has 0 spiro atoms. The van der Waals surface area contributed by atoms with Crippen LogP contribution < -0.4 is 5.32 Å². The van der Waals surface area contributed by atoms with E-state index in [0.717, 1.165) is 16.7 Å². The number of nitrogens with zero attached hydrogens (tertiary/aromatic N) is 5. The second-order valence-corrected chi connectivity index (χ2v) is 7.65. The Morgan fingerprint density at radius 2 is 1.42 bits per heavy atom. The molecule has 0 aliphatic carbocycles. The van der Waals surface area contributed by atoms with Crippen molar-refractivity contribution in [3.63, 3.8) is 0 Å². The van der Waals surface area contributed by atoms with E-state index in [2.05, 4.69) is 15.4 Å². The van der Waals surface area contributed by atoms with Crippen molar-refractivity contribution in [2.75, 3.05) is 5.32 Å². The zero-order chi connectivity index (χ0) is 22.5. The molecule has 0 aliphatic heterocycles. The van der Waals surface area contributed by atoms with Crippen molar-refractivity contribution in [1.29, 1.82) is 0 Å². The Bertz CT molecular complexity index is 1340. The summed E-state index contributed by atoms with van der Waals surface area (Å²) in [6.45, 7) is 1.18. The highest BCUT2D eigenvalue weighted by Gasteiger charge is 2.19. The van der Waals surface area contributed by atoms with Crippen LogP contribution in [0.4, 0.5) is 5.82 Å². The van der Waals surface area contributed by atoms with Crippen LogP contribution in [0, 0.1) is 0 Å². The predicted molar refractivity (Wildman–Crippen MR) is 127 cm³/mol. The normalized spacial score (nSPS) is 10.8. The van der Waals surface area contributed by atoms with Crippen molar-refractivity contribution in [2.24, 2.45) is 0 Å². The van der Waals surface area contributed by atoms with Gasteiger partial charge in [0.1, 0.15) is 5.69 Å². The lowest BCUT2D eigenvalue weighted by molar-refractivity contribution is 0.102. The lowest BCUT2D eigenvalue weighted by Gasteiger charge is -2.04. The number of hydrogen-bond acceptors (Lipinski definition) is 4.